The Kier molecular flexibility index (Phi) is 5.67. The summed E-state index contributed by atoms with van der Waals surface area (Å²) in [6, 6.07) is 9.38. The molecule has 1 N–H and O–H groups in total. The standard InChI is InChI=1S/C17H17N3O5/c1-11-9-12(7-8-14(11)20(22)23)17(21)19-18-10-13-5-4-6-15(24-2)16(13)25-3/h4-10H,1-3H3,(H,19,21). The molecule has 0 aliphatic rings. The number of benzene rings is 2. The van der Waals surface area contributed by atoms with Crippen molar-refractivity contribution in [3.63, 3.8) is 0 Å². The number of nitro groups is 1. The summed E-state index contributed by atoms with van der Waals surface area (Å²) in [4.78, 5) is 22.4. The summed E-state index contributed by atoms with van der Waals surface area (Å²) < 4.78 is 10.5. The molecule has 0 aliphatic heterocycles. The number of nitro benzene ring substituents is 1. The van der Waals surface area contributed by atoms with Crippen LogP contribution in [0.15, 0.2) is 41.5 Å². The van der Waals surface area contributed by atoms with E-state index in [2.05, 4.69) is 10.5 Å². The predicted molar refractivity (Wildman–Crippen MR) is 92.4 cm³/mol. The van der Waals surface area contributed by atoms with Crippen molar-refractivity contribution >= 4 is 17.8 Å². The molecule has 8 heteroatoms. The zero-order valence-electron chi connectivity index (χ0n) is 14.0. The highest BCUT2D eigenvalue weighted by molar-refractivity contribution is 5.95. The van der Waals surface area contributed by atoms with Crippen LogP contribution in [0.5, 0.6) is 11.5 Å². The monoisotopic (exact) mass is 343 g/mol. The number of carbonyl (C=O) groups excluding carboxylic acids is 1. The van der Waals surface area contributed by atoms with Crippen LogP contribution in [0.25, 0.3) is 0 Å². The number of nitrogens with zero attached hydrogens (tertiary/aromatic N) is 2. The van der Waals surface area contributed by atoms with Crippen molar-refractivity contribution in [1.29, 1.82) is 0 Å². The predicted octanol–water partition coefficient (Wildman–Crippen LogP) is 2.68. The zero-order valence-corrected chi connectivity index (χ0v) is 14.0. The Balaban J connectivity index is 2.14. The lowest BCUT2D eigenvalue weighted by Gasteiger charge is -2.09. The van der Waals surface area contributed by atoms with E-state index in [1.165, 1.54) is 38.6 Å². The number of hydrogen-bond donors (Lipinski definition) is 1. The molecule has 2 aromatic rings. The normalized spacial score (nSPS) is 10.5. The number of ether oxygens (including phenoxy) is 2. The largest absolute Gasteiger partial charge is 0.493 e. The SMILES string of the molecule is COc1cccc(C=NNC(=O)c2ccc([N+](=O)[O-])c(C)c2)c1OC. The maximum atomic E-state index is 12.1. The molecule has 2 rings (SSSR count). The third-order valence-electron chi connectivity index (χ3n) is 3.46. The van der Waals surface area contributed by atoms with Crippen LogP contribution in [0.1, 0.15) is 21.5 Å². The first-order valence-electron chi connectivity index (χ1n) is 7.27. The van der Waals surface area contributed by atoms with Gasteiger partial charge in [-0.2, -0.15) is 5.10 Å². The van der Waals surface area contributed by atoms with Gasteiger partial charge in [-0.05, 0) is 31.2 Å². The fraction of sp³-hybridized carbons (Fsp3) is 0.176. The summed E-state index contributed by atoms with van der Waals surface area (Å²) in [7, 11) is 3.03. The van der Waals surface area contributed by atoms with Crippen molar-refractivity contribution in [2.75, 3.05) is 14.2 Å². The summed E-state index contributed by atoms with van der Waals surface area (Å²) in [5.41, 5.74) is 3.64. The van der Waals surface area contributed by atoms with Crippen LogP contribution in [-0.2, 0) is 0 Å². The van der Waals surface area contributed by atoms with Crippen LogP contribution in [-0.4, -0.2) is 31.3 Å². The van der Waals surface area contributed by atoms with Crippen molar-refractivity contribution in [3.05, 3.63) is 63.2 Å². The Labute approximate surface area is 144 Å². The Morgan fingerprint density at radius 1 is 1.24 bits per heavy atom. The van der Waals surface area contributed by atoms with E-state index in [9.17, 15) is 14.9 Å². The minimum atomic E-state index is -0.496. The van der Waals surface area contributed by atoms with Gasteiger partial charge in [0.25, 0.3) is 11.6 Å². The Bertz CT molecular complexity index is 833. The number of amides is 1. The van der Waals surface area contributed by atoms with Crippen LogP contribution in [0.2, 0.25) is 0 Å². The Morgan fingerprint density at radius 3 is 2.60 bits per heavy atom. The first-order chi connectivity index (χ1) is 12.0. The highest BCUT2D eigenvalue weighted by Crippen LogP contribution is 2.29. The molecule has 130 valence electrons. The molecule has 0 aliphatic carbocycles. The summed E-state index contributed by atoms with van der Waals surface area (Å²) in [5.74, 6) is 0.564. The van der Waals surface area contributed by atoms with Gasteiger partial charge in [-0.25, -0.2) is 5.43 Å². The molecule has 0 saturated heterocycles. The van der Waals surface area contributed by atoms with Gasteiger partial charge in [-0.15, -0.1) is 0 Å². The van der Waals surface area contributed by atoms with Gasteiger partial charge in [0.05, 0.1) is 25.4 Å². The van der Waals surface area contributed by atoms with Gasteiger partial charge in [-0.3, -0.25) is 14.9 Å². The molecule has 0 saturated carbocycles. The first kappa shape index (κ1) is 17.9. The van der Waals surface area contributed by atoms with Crippen LogP contribution >= 0.6 is 0 Å². The van der Waals surface area contributed by atoms with Crippen molar-refractivity contribution in [1.82, 2.24) is 5.43 Å². The number of para-hydroxylation sites is 1. The smallest absolute Gasteiger partial charge is 0.272 e. The van der Waals surface area contributed by atoms with Gasteiger partial charge in [0.2, 0.25) is 0 Å². The van der Waals surface area contributed by atoms with Crippen LogP contribution in [0, 0.1) is 17.0 Å². The molecule has 0 spiro atoms. The Hall–Kier alpha value is -3.42. The molecule has 0 atom stereocenters. The number of nitrogens with one attached hydrogen (secondary N) is 1. The highest BCUT2D eigenvalue weighted by atomic mass is 16.6. The van der Waals surface area contributed by atoms with Gasteiger partial charge in [-0.1, -0.05) is 6.07 Å². The lowest BCUT2D eigenvalue weighted by Crippen LogP contribution is -2.17. The second-order valence-electron chi connectivity index (χ2n) is 5.04. The average molecular weight is 343 g/mol. The van der Waals surface area contributed by atoms with Gasteiger partial charge in [0.1, 0.15) is 0 Å². The van der Waals surface area contributed by atoms with Gasteiger partial charge in [0.15, 0.2) is 11.5 Å². The van der Waals surface area contributed by atoms with Crippen molar-refractivity contribution < 1.29 is 19.2 Å². The summed E-state index contributed by atoms with van der Waals surface area (Å²) in [5, 5.41) is 14.7. The molecule has 1 amide bonds. The zero-order chi connectivity index (χ0) is 18.4. The maximum absolute atomic E-state index is 12.1. The lowest BCUT2D eigenvalue weighted by molar-refractivity contribution is -0.385. The van der Waals surface area contributed by atoms with Crippen LogP contribution < -0.4 is 14.9 Å². The summed E-state index contributed by atoms with van der Waals surface area (Å²) in [6.07, 6.45) is 1.43. The van der Waals surface area contributed by atoms with Crippen molar-refractivity contribution in [2.24, 2.45) is 5.10 Å². The van der Waals surface area contributed by atoms with E-state index in [0.29, 0.717) is 22.6 Å². The van der Waals surface area contributed by atoms with E-state index < -0.39 is 10.8 Å². The third-order valence-corrected chi connectivity index (χ3v) is 3.46. The van der Waals surface area contributed by atoms with Crippen molar-refractivity contribution in [2.45, 2.75) is 6.92 Å². The summed E-state index contributed by atoms with van der Waals surface area (Å²) >= 11 is 0. The van der Waals surface area contributed by atoms with E-state index in [1.54, 1.807) is 25.1 Å². The number of hydrogen-bond acceptors (Lipinski definition) is 6. The minimum Gasteiger partial charge on any atom is -0.493 e. The van der Waals surface area contributed by atoms with Gasteiger partial charge >= 0.3 is 0 Å². The summed E-state index contributed by atoms with van der Waals surface area (Å²) in [6.45, 7) is 1.57. The molecule has 0 unspecified atom stereocenters. The fourth-order valence-electron chi connectivity index (χ4n) is 2.24. The number of methoxy groups -OCH3 is 2. The quantitative estimate of drug-likeness (QED) is 0.493. The lowest BCUT2D eigenvalue weighted by atomic mass is 10.1. The van der Waals surface area contributed by atoms with E-state index in [4.69, 9.17) is 9.47 Å². The topological polar surface area (TPSA) is 103 Å². The van der Waals surface area contributed by atoms with Crippen LogP contribution in [0.4, 0.5) is 5.69 Å². The Morgan fingerprint density at radius 2 is 2.00 bits per heavy atom. The second kappa shape index (κ2) is 7.91. The maximum Gasteiger partial charge on any atom is 0.272 e. The molecule has 0 fully saturated rings. The molecular formula is C17H17N3O5. The molecule has 25 heavy (non-hydrogen) atoms. The van der Waals surface area contributed by atoms with E-state index in [-0.39, 0.29) is 11.3 Å². The number of aryl methyl sites for hydroxylation is 1. The number of hydrazone groups is 1. The molecule has 0 aromatic heterocycles. The molecule has 2 aromatic carbocycles. The molecule has 0 radical (unpaired) electrons. The fourth-order valence-corrected chi connectivity index (χ4v) is 2.24. The van der Waals surface area contributed by atoms with Gasteiger partial charge < -0.3 is 9.47 Å². The van der Waals surface area contributed by atoms with E-state index in [0.717, 1.165) is 0 Å². The highest BCUT2D eigenvalue weighted by Gasteiger charge is 2.13. The van der Waals surface area contributed by atoms with Crippen molar-refractivity contribution in [3.8, 4) is 11.5 Å². The second-order valence-corrected chi connectivity index (χ2v) is 5.04. The molecule has 0 heterocycles. The first-order valence-corrected chi connectivity index (χ1v) is 7.27. The number of rotatable bonds is 6. The molecule has 0 bridgehead atoms. The number of carbonyl (C=O) groups is 1. The third kappa shape index (κ3) is 4.11. The van der Waals surface area contributed by atoms with Crippen LogP contribution in [0.3, 0.4) is 0 Å². The minimum absolute atomic E-state index is 0.0406. The average Bonchev–Trinajstić information content (AvgIpc) is 2.60. The van der Waals surface area contributed by atoms with E-state index in [1.807, 2.05) is 0 Å². The van der Waals surface area contributed by atoms with Gasteiger partial charge in [0, 0.05) is 22.8 Å². The van der Waals surface area contributed by atoms with E-state index >= 15 is 0 Å². The molecular weight excluding hydrogens is 326 g/mol. The molecule has 8 nitrogen and oxygen atoms in total.